The Bertz CT molecular complexity index is 759. The summed E-state index contributed by atoms with van der Waals surface area (Å²) in [5, 5.41) is 3.09. The third kappa shape index (κ3) is 8.87. The van der Waals surface area contributed by atoms with Crippen molar-refractivity contribution >= 4 is 45.9 Å². The molecule has 1 aliphatic heterocycles. The van der Waals surface area contributed by atoms with Crippen LogP contribution >= 0.6 is 24.0 Å². The average molecular weight is 538 g/mol. The molecule has 1 unspecified atom stereocenters. The fraction of sp³-hybridized carbons (Fsp3) is 0.579. The highest BCUT2D eigenvalue weighted by Crippen LogP contribution is 2.18. The Morgan fingerprint density at radius 3 is 2.69 bits per heavy atom. The van der Waals surface area contributed by atoms with Crippen LogP contribution in [0.2, 0.25) is 0 Å². The van der Waals surface area contributed by atoms with Crippen LogP contribution in [0.4, 0.5) is 0 Å². The van der Waals surface area contributed by atoms with Crippen LogP contribution in [0.5, 0.6) is 0 Å². The Balaban J connectivity index is 0.00000420. The van der Waals surface area contributed by atoms with E-state index in [9.17, 15) is 13.2 Å². The van der Waals surface area contributed by atoms with Gasteiger partial charge >= 0.3 is 5.97 Å². The Labute approximate surface area is 190 Å². The zero-order chi connectivity index (χ0) is 20.4. The van der Waals surface area contributed by atoms with Gasteiger partial charge in [-0.1, -0.05) is 30.3 Å². The van der Waals surface area contributed by atoms with Crippen LogP contribution in [-0.4, -0.2) is 64.3 Å². The summed E-state index contributed by atoms with van der Waals surface area (Å²) in [5.41, 5.74) is 0.910. The number of nitrogens with zero attached hydrogens (tertiary/aromatic N) is 2. The summed E-state index contributed by atoms with van der Waals surface area (Å²) in [7, 11) is -1.75. The van der Waals surface area contributed by atoms with Gasteiger partial charge in [0.05, 0.1) is 18.3 Å². The molecular formula is C19H31IN4O4S. The Kier molecular flexibility index (Phi) is 11.5. The molecule has 10 heteroatoms. The molecule has 0 bridgehead atoms. The van der Waals surface area contributed by atoms with Crippen molar-refractivity contribution in [2.24, 2.45) is 10.9 Å². The van der Waals surface area contributed by atoms with E-state index in [1.165, 1.54) is 0 Å². The summed E-state index contributed by atoms with van der Waals surface area (Å²) in [5.74, 6) is 0.180. The summed E-state index contributed by atoms with van der Waals surface area (Å²) in [6.07, 6.45) is 1.66. The van der Waals surface area contributed by atoms with Crippen molar-refractivity contribution in [2.75, 3.05) is 39.0 Å². The first-order valence-electron chi connectivity index (χ1n) is 9.58. The minimum absolute atomic E-state index is 0. The lowest BCUT2D eigenvalue weighted by atomic mass is 9.98. The number of sulfonamides is 1. The normalized spacial score (nSPS) is 17.4. The number of halogens is 1. The van der Waals surface area contributed by atoms with Gasteiger partial charge in [-0.05, 0) is 25.3 Å². The second-order valence-corrected chi connectivity index (χ2v) is 8.56. The number of hydrogen-bond donors (Lipinski definition) is 2. The highest BCUT2D eigenvalue weighted by atomic mass is 127. The topological polar surface area (TPSA) is 100 Å². The van der Waals surface area contributed by atoms with E-state index in [1.54, 1.807) is 14.0 Å². The third-order valence-electron chi connectivity index (χ3n) is 4.55. The predicted molar refractivity (Wildman–Crippen MR) is 125 cm³/mol. The van der Waals surface area contributed by atoms with Gasteiger partial charge in [0.2, 0.25) is 10.0 Å². The third-order valence-corrected chi connectivity index (χ3v) is 5.87. The zero-order valence-corrected chi connectivity index (χ0v) is 20.1. The SMILES string of the molecule is CCOC(=O)C1CCCN(C(=NC)NCCS(=O)(=O)NCc2ccccc2)C1.I. The smallest absolute Gasteiger partial charge is 0.310 e. The van der Waals surface area contributed by atoms with Crippen molar-refractivity contribution in [3.63, 3.8) is 0 Å². The van der Waals surface area contributed by atoms with Gasteiger partial charge in [-0.15, -0.1) is 24.0 Å². The molecule has 1 aliphatic rings. The van der Waals surface area contributed by atoms with Gasteiger partial charge in [0.25, 0.3) is 0 Å². The highest BCUT2D eigenvalue weighted by molar-refractivity contribution is 14.0. The number of hydrogen-bond acceptors (Lipinski definition) is 5. The van der Waals surface area contributed by atoms with Crippen LogP contribution in [-0.2, 0) is 26.1 Å². The minimum atomic E-state index is -3.41. The molecule has 0 aliphatic carbocycles. The largest absolute Gasteiger partial charge is 0.466 e. The van der Waals surface area contributed by atoms with Gasteiger partial charge in [0.1, 0.15) is 0 Å². The molecule has 1 aromatic carbocycles. The number of likely N-dealkylation sites (tertiary alicyclic amines) is 1. The highest BCUT2D eigenvalue weighted by Gasteiger charge is 2.28. The molecule has 1 saturated heterocycles. The second-order valence-electron chi connectivity index (χ2n) is 6.64. The number of rotatable bonds is 8. The molecule has 1 heterocycles. The first-order chi connectivity index (χ1) is 13.4. The maximum absolute atomic E-state index is 12.2. The van der Waals surface area contributed by atoms with E-state index in [4.69, 9.17) is 4.74 Å². The fourth-order valence-corrected chi connectivity index (χ4v) is 4.01. The Morgan fingerprint density at radius 2 is 2.03 bits per heavy atom. The lowest BCUT2D eigenvalue weighted by molar-refractivity contribution is -0.149. The predicted octanol–water partition coefficient (Wildman–Crippen LogP) is 1.57. The molecule has 0 aromatic heterocycles. The average Bonchev–Trinajstić information content (AvgIpc) is 2.71. The van der Waals surface area contributed by atoms with E-state index < -0.39 is 10.0 Å². The van der Waals surface area contributed by atoms with Crippen molar-refractivity contribution in [1.82, 2.24) is 14.9 Å². The molecule has 29 heavy (non-hydrogen) atoms. The van der Waals surface area contributed by atoms with Gasteiger partial charge in [0.15, 0.2) is 5.96 Å². The van der Waals surface area contributed by atoms with Crippen LogP contribution in [0, 0.1) is 5.92 Å². The molecule has 0 spiro atoms. The summed E-state index contributed by atoms with van der Waals surface area (Å²) in [6.45, 7) is 3.97. The van der Waals surface area contributed by atoms with Crippen LogP contribution in [0.1, 0.15) is 25.3 Å². The monoisotopic (exact) mass is 538 g/mol. The molecule has 164 valence electrons. The number of carbonyl (C=O) groups is 1. The Morgan fingerprint density at radius 1 is 1.31 bits per heavy atom. The standard InChI is InChI=1S/C19H30N4O4S.HI/c1-3-27-18(24)17-10-7-12-23(15-17)19(20-2)21-11-13-28(25,26)22-14-16-8-5-4-6-9-16;/h4-6,8-9,17,22H,3,7,10-15H2,1-2H3,(H,20,21);1H. The van der Waals surface area contributed by atoms with Gasteiger partial charge < -0.3 is 15.0 Å². The van der Waals surface area contributed by atoms with Crippen molar-refractivity contribution in [3.8, 4) is 0 Å². The second kappa shape index (κ2) is 13.0. The maximum atomic E-state index is 12.2. The fourth-order valence-electron chi connectivity index (χ4n) is 3.11. The van der Waals surface area contributed by atoms with E-state index in [0.29, 0.717) is 19.1 Å². The van der Waals surface area contributed by atoms with Gasteiger partial charge in [-0.25, -0.2) is 13.1 Å². The Hall–Kier alpha value is -1.40. The lowest BCUT2D eigenvalue weighted by Crippen LogP contribution is -2.49. The van der Waals surface area contributed by atoms with Crippen molar-refractivity contribution in [2.45, 2.75) is 26.3 Å². The van der Waals surface area contributed by atoms with E-state index in [1.807, 2.05) is 35.2 Å². The first kappa shape index (κ1) is 25.6. The van der Waals surface area contributed by atoms with Gasteiger partial charge in [-0.2, -0.15) is 0 Å². The van der Waals surface area contributed by atoms with Crippen molar-refractivity contribution in [1.29, 1.82) is 0 Å². The molecule has 0 radical (unpaired) electrons. The van der Waals surface area contributed by atoms with Crippen LogP contribution < -0.4 is 10.0 Å². The molecule has 1 atom stereocenters. The summed E-state index contributed by atoms with van der Waals surface area (Å²) >= 11 is 0. The van der Waals surface area contributed by atoms with E-state index in [2.05, 4.69) is 15.0 Å². The molecule has 0 amide bonds. The molecule has 2 N–H and O–H groups in total. The van der Waals surface area contributed by atoms with Crippen LogP contribution in [0.15, 0.2) is 35.3 Å². The van der Waals surface area contributed by atoms with Gasteiger partial charge in [0, 0.05) is 33.2 Å². The van der Waals surface area contributed by atoms with Gasteiger partial charge in [-0.3, -0.25) is 9.79 Å². The van der Waals surface area contributed by atoms with Crippen LogP contribution in [0.25, 0.3) is 0 Å². The van der Waals surface area contributed by atoms with E-state index >= 15 is 0 Å². The molecule has 2 rings (SSSR count). The molecule has 0 saturated carbocycles. The minimum Gasteiger partial charge on any atom is -0.466 e. The number of piperidine rings is 1. The number of ether oxygens (including phenoxy) is 1. The zero-order valence-electron chi connectivity index (χ0n) is 17.0. The quantitative estimate of drug-likeness (QED) is 0.226. The number of carbonyl (C=O) groups excluding carboxylic acids is 1. The summed E-state index contributed by atoms with van der Waals surface area (Å²) < 4.78 is 32.1. The molecule has 1 aromatic rings. The number of esters is 1. The molecular weight excluding hydrogens is 507 g/mol. The maximum Gasteiger partial charge on any atom is 0.310 e. The van der Waals surface area contributed by atoms with E-state index in [-0.39, 0.29) is 54.7 Å². The summed E-state index contributed by atoms with van der Waals surface area (Å²) in [4.78, 5) is 18.2. The van der Waals surface area contributed by atoms with Crippen molar-refractivity contribution < 1.29 is 17.9 Å². The van der Waals surface area contributed by atoms with E-state index in [0.717, 1.165) is 24.9 Å². The molecule has 1 fully saturated rings. The number of benzene rings is 1. The number of guanidine groups is 1. The van der Waals surface area contributed by atoms with Crippen molar-refractivity contribution in [3.05, 3.63) is 35.9 Å². The van der Waals surface area contributed by atoms with Crippen LogP contribution in [0.3, 0.4) is 0 Å². The first-order valence-corrected chi connectivity index (χ1v) is 11.2. The molecule has 8 nitrogen and oxygen atoms in total. The number of nitrogens with one attached hydrogen (secondary N) is 2. The number of aliphatic imine (C=N–C) groups is 1. The summed E-state index contributed by atoms with van der Waals surface area (Å²) in [6, 6.07) is 9.38. The lowest BCUT2D eigenvalue weighted by Gasteiger charge is -2.33.